The Kier molecular flexibility index (Phi) is 4.24. The van der Waals surface area contributed by atoms with Gasteiger partial charge >= 0.3 is 6.03 Å². The number of hydrogen-bond donors (Lipinski definition) is 1. The Balaban J connectivity index is 1.51. The smallest absolute Gasteiger partial charge is 0.299 e. The van der Waals surface area contributed by atoms with E-state index >= 15 is 0 Å². The van der Waals surface area contributed by atoms with Crippen LogP contribution in [0.1, 0.15) is 18.4 Å². The maximum Gasteiger partial charge on any atom is 0.414 e. The Morgan fingerprint density at radius 2 is 1.92 bits per heavy atom. The first-order chi connectivity index (χ1) is 12.2. The number of imidazole rings is 1. The van der Waals surface area contributed by atoms with Crippen molar-refractivity contribution in [2.45, 2.75) is 19.3 Å². The predicted octanol–water partition coefficient (Wildman–Crippen LogP) is 2.64. The van der Waals surface area contributed by atoms with Crippen molar-refractivity contribution in [1.29, 1.82) is 0 Å². The second kappa shape index (κ2) is 6.69. The van der Waals surface area contributed by atoms with Crippen molar-refractivity contribution < 1.29 is 10.5 Å². The molecule has 5 nitrogen and oxygen atoms in total. The molecule has 1 aromatic heterocycles. The molecule has 4 rings (SSSR count). The van der Waals surface area contributed by atoms with Gasteiger partial charge in [-0.1, -0.05) is 24.3 Å². The molecule has 0 atom stereocenters. The summed E-state index contributed by atoms with van der Waals surface area (Å²) in [6.45, 7) is 1.66. The first-order valence-corrected chi connectivity index (χ1v) is 8.83. The van der Waals surface area contributed by atoms with E-state index in [4.69, 9.17) is 0 Å². The molecule has 3 aromatic rings. The Labute approximate surface area is 147 Å². The molecule has 0 bridgehead atoms. The molecular formula is C20H23N4O+. The number of fused-ring (bicyclic) bond motifs is 1. The van der Waals surface area contributed by atoms with Crippen LogP contribution in [0, 0.1) is 5.92 Å². The molecule has 0 saturated carbocycles. The summed E-state index contributed by atoms with van der Waals surface area (Å²) < 4.78 is 2.14. The number of quaternary nitrogens is 1. The molecule has 1 saturated heterocycles. The van der Waals surface area contributed by atoms with Gasteiger partial charge in [0.05, 0.1) is 11.0 Å². The molecule has 1 aliphatic heterocycles. The average molecular weight is 335 g/mol. The van der Waals surface area contributed by atoms with Gasteiger partial charge < -0.3 is 0 Å². The number of carbonyl (C=O) groups excluding carboxylic acids is 1. The number of likely N-dealkylation sites (tertiary alicyclic amines) is 1. The summed E-state index contributed by atoms with van der Waals surface area (Å²) in [5, 5.41) is 0. The highest BCUT2D eigenvalue weighted by Gasteiger charge is 2.23. The maximum absolute atomic E-state index is 11.4. The van der Waals surface area contributed by atoms with Crippen molar-refractivity contribution in [1.82, 2.24) is 14.5 Å². The second-order valence-corrected chi connectivity index (χ2v) is 6.80. The van der Waals surface area contributed by atoms with E-state index in [1.165, 1.54) is 5.56 Å². The van der Waals surface area contributed by atoms with Crippen molar-refractivity contribution in [3.8, 4) is 5.69 Å². The summed E-state index contributed by atoms with van der Waals surface area (Å²) in [5.41, 5.74) is 8.15. The molecule has 2 amide bonds. The van der Waals surface area contributed by atoms with E-state index < -0.39 is 0 Å². The van der Waals surface area contributed by atoms with Crippen LogP contribution in [0.2, 0.25) is 0 Å². The summed E-state index contributed by atoms with van der Waals surface area (Å²) in [5.74, 6) is 0.630. The van der Waals surface area contributed by atoms with Gasteiger partial charge in [-0.25, -0.2) is 9.78 Å². The maximum atomic E-state index is 11.4. The van der Waals surface area contributed by atoms with Gasteiger partial charge in [0.25, 0.3) is 0 Å². The zero-order chi connectivity index (χ0) is 17.2. The summed E-state index contributed by atoms with van der Waals surface area (Å²) >= 11 is 0. The Morgan fingerprint density at radius 1 is 1.12 bits per heavy atom. The fourth-order valence-corrected chi connectivity index (χ4v) is 3.72. The molecule has 5 heteroatoms. The molecule has 1 aliphatic rings. The van der Waals surface area contributed by atoms with Crippen LogP contribution in [0.4, 0.5) is 4.79 Å². The number of para-hydroxylation sites is 2. The third-order valence-electron chi connectivity index (χ3n) is 5.13. The topological polar surface area (TPSA) is 65.8 Å². The van der Waals surface area contributed by atoms with Crippen molar-refractivity contribution >= 4 is 17.1 Å². The van der Waals surface area contributed by atoms with Crippen LogP contribution in [-0.2, 0) is 6.42 Å². The summed E-state index contributed by atoms with van der Waals surface area (Å²) in [6, 6.07) is 16.8. The van der Waals surface area contributed by atoms with E-state index in [9.17, 15) is 4.79 Å². The van der Waals surface area contributed by atoms with E-state index in [-0.39, 0.29) is 6.03 Å². The summed E-state index contributed by atoms with van der Waals surface area (Å²) in [4.78, 5) is 17.7. The zero-order valence-corrected chi connectivity index (χ0v) is 14.3. The quantitative estimate of drug-likeness (QED) is 0.799. The lowest BCUT2D eigenvalue weighted by molar-refractivity contribution is -0.266. The lowest BCUT2D eigenvalue weighted by atomic mass is 9.90. The van der Waals surface area contributed by atoms with E-state index in [0.717, 1.165) is 49.1 Å². The SMILES string of the molecule is [NH3+]C(=O)N1CCC(Cc2cccc(-n3cnc4ccccc43)c2)CC1. The number of urea groups is 1. The van der Waals surface area contributed by atoms with E-state index in [1.54, 1.807) is 0 Å². The van der Waals surface area contributed by atoms with E-state index in [2.05, 4.69) is 45.6 Å². The first kappa shape index (κ1) is 15.8. The third kappa shape index (κ3) is 3.28. The van der Waals surface area contributed by atoms with Crippen LogP contribution in [0.3, 0.4) is 0 Å². The van der Waals surface area contributed by atoms with Crippen LogP contribution >= 0.6 is 0 Å². The normalized spacial score (nSPS) is 15.6. The molecule has 0 aliphatic carbocycles. The fourth-order valence-electron chi connectivity index (χ4n) is 3.72. The Hall–Kier alpha value is -2.66. The Bertz CT molecular complexity index is 893. The highest BCUT2D eigenvalue weighted by atomic mass is 16.2. The Morgan fingerprint density at radius 3 is 2.72 bits per heavy atom. The molecule has 128 valence electrons. The van der Waals surface area contributed by atoms with Gasteiger partial charge in [0.1, 0.15) is 6.33 Å². The molecule has 25 heavy (non-hydrogen) atoms. The lowest BCUT2D eigenvalue weighted by Crippen LogP contribution is -2.65. The highest BCUT2D eigenvalue weighted by molar-refractivity contribution is 5.77. The third-order valence-corrected chi connectivity index (χ3v) is 5.13. The van der Waals surface area contributed by atoms with Gasteiger partial charge in [-0.15, -0.1) is 0 Å². The minimum Gasteiger partial charge on any atom is -0.299 e. The monoisotopic (exact) mass is 335 g/mol. The van der Waals surface area contributed by atoms with Gasteiger partial charge in [-0.2, -0.15) is 0 Å². The van der Waals surface area contributed by atoms with Gasteiger partial charge in [0.15, 0.2) is 0 Å². The standard InChI is InChI=1S/C20H22N4O/c21-20(25)23-10-8-15(9-11-23)12-16-4-3-5-17(13-16)24-14-22-18-6-1-2-7-19(18)24/h1-7,13-15H,8-12H2,(H2,21,25)/p+1. The van der Waals surface area contributed by atoms with Crippen LogP contribution < -0.4 is 5.73 Å². The van der Waals surface area contributed by atoms with Crippen molar-refractivity contribution in [3.63, 3.8) is 0 Å². The van der Waals surface area contributed by atoms with Crippen LogP contribution in [-0.4, -0.2) is 33.6 Å². The highest BCUT2D eigenvalue weighted by Crippen LogP contribution is 2.24. The van der Waals surface area contributed by atoms with Crippen molar-refractivity contribution in [3.05, 3.63) is 60.4 Å². The minimum absolute atomic E-state index is 0.0487. The van der Waals surface area contributed by atoms with Gasteiger partial charge in [0.2, 0.25) is 0 Å². The van der Waals surface area contributed by atoms with Crippen molar-refractivity contribution in [2.75, 3.05) is 13.1 Å². The molecule has 0 radical (unpaired) electrons. The van der Waals surface area contributed by atoms with Crippen LogP contribution in [0.25, 0.3) is 16.7 Å². The molecule has 0 spiro atoms. The van der Waals surface area contributed by atoms with Gasteiger partial charge in [0, 0.05) is 18.8 Å². The number of amides is 2. The summed E-state index contributed by atoms with van der Waals surface area (Å²) in [7, 11) is 0. The lowest BCUT2D eigenvalue weighted by Gasteiger charge is -2.29. The van der Waals surface area contributed by atoms with Crippen LogP contribution in [0.15, 0.2) is 54.9 Å². The largest absolute Gasteiger partial charge is 0.414 e. The van der Waals surface area contributed by atoms with Gasteiger partial charge in [-0.05, 0) is 55.0 Å². The van der Waals surface area contributed by atoms with E-state index in [0.29, 0.717) is 5.92 Å². The van der Waals surface area contributed by atoms with Crippen molar-refractivity contribution in [2.24, 2.45) is 5.92 Å². The summed E-state index contributed by atoms with van der Waals surface area (Å²) in [6.07, 6.45) is 5.06. The fraction of sp³-hybridized carbons (Fsp3) is 0.300. The number of nitrogens with zero attached hydrogens (tertiary/aromatic N) is 3. The molecule has 0 unspecified atom stereocenters. The molecule has 2 heterocycles. The number of benzene rings is 2. The zero-order valence-electron chi connectivity index (χ0n) is 14.3. The van der Waals surface area contributed by atoms with Crippen LogP contribution in [0.5, 0.6) is 0 Å². The molecule has 1 fully saturated rings. The number of hydrogen-bond acceptors (Lipinski definition) is 2. The number of piperidine rings is 1. The second-order valence-electron chi connectivity index (χ2n) is 6.80. The van der Waals surface area contributed by atoms with E-state index in [1.807, 2.05) is 29.4 Å². The molecular weight excluding hydrogens is 312 g/mol. The number of aromatic nitrogens is 2. The molecule has 3 N–H and O–H groups in total. The molecule has 2 aromatic carbocycles. The number of rotatable bonds is 3. The average Bonchev–Trinajstić information content (AvgIpc) is 3.06. The minimum atomic E-state index is -0.0487. The predicted molar refractivity (Wildman–Crippen MR) is 97.4 cm³/mol. The van der Waals surface area contributed by atoms with Gasteiger partial charge in [-0.3, -0.25) is 15.2 Å². The number of carbonyl (C=O) groups is 1. The first-order valence-electron chi connectivity index (χ1n) is 8.83.